The third-order valence-electron chi connectivity index (χ3n) is 10.7. The number of rotatable bonds is 4. The average molecular weight is 666 g/mol. The van der Waals surface area contributed by atoms with Crippen LogP contribution in [0.4, 0.5) is 0 Å². The van der Waals surface area contributed by atoms with Gasteiger partial charge < -0.3 is 38.9 Å². The number of aromatic nitrogens is 1. The summed E-state index contributed by atoms with van der Waals surface area (Å²) in [5.74, 6) is -2.44. The Hall–Kier alpha value is -3.02. The number of nitrogens with one attached hydrogen (secondary N) is 1. The van der Waals surface area contributed by atoms with E-state index in [4.69, 9.17) is 23.7 Å². The molecule has 5 aliphatic rings. The van der Waals surface area contributed by atoms with Crippen molar-refractivity contribution in [3.63, 3.8) is 0 Å². The Kier molecular flexibility index (Phi) is 10.2. The standard InChI is InChI=1S/C38H51NO9/c1-22(2)33-25(5)13-14-37(48-33)19-29-18-28(47-37)12-11-24(4)16-23(3)8-6-9-27-21-44-34-32(40)26(17-30(35(41)46-29)38(27,34)43)20-45-36(42)31-10-7-15-39-31/h6-11,15,17,22-23,25,28-30,32-34,39-40,43H,12-14,16,18-21H2,1-5H3/b8-6+,24-11+,27-9+/t23-,25-,28+,29-,30-,32+,33+,34+,37+,38+/m0/s1. The Labute approximate surface area is 283 Å². The number of hydrogen-bond donors (Lipinski definition) is 3. The van der Waals surface area contributed by atoms with Gasteiger partial charge in [-0.2, -0.15) is 0 Å². The maximum Gasteiger partial charge on any atom is 0.355 e. The number of aliphatic hydroxyl groups is 2. The molecule has 1 aromatic heterocycles. The first-order chi connectivity index (χ1) is 22.9. The van der Waals surface area contributed by atoms with Gasteiger partial charge in [0.1, 0.15) is 42.1 Å². The number of esters is 2. The van der Waals surface area contributed by atoms with Crippen LogP contribution < -0.4 is 0 Å². The van der Waals surface area contributed by atoms with Gasteiger partial charge in [0, 0.05) is 25.5 Å². The van der Waals surface area contributed by atoms with Crippen LogP contribution in [0.2, 0.25) is 0 Å². The first-order valence-corrected chi connectivity index (χ1v) is 17.5. The summed E-state index contributed by atoms with van der Waals surface area (Å²) in [6.07, 6.45) is 11.9. The van der Waals surface area contributed by atoms with Gasteiger partial charge in [-0.1, -0.05) is 63.6 Å². The monoisotopic (exact) mass is 665 g/mol. The van der Waals surface area contributed by atoms with E-state index in [2.05, 4.69) is 51.8 Å². The lowest BCUT2D eigenvalue weighted by molar-refractivity contribution is -0.340. The molecule has 6 rings (SSSR count). The zero-order chi connectivity index (χ0) is 34.2. The molecule has 0 amide bonds. The number of ether oxygens (including phenoxy) is 5. The first-order valence-electron chi connectivity index (χ1n) is 17.5. The van der Waals surface area contributed by atoms with Crippen molar-refractivity contribution in [3.8, 4) is 0 Å². The molecule has 2 bridgehead atoms. The number of carbonyl (C=O) groups excluding carboxylic acids is 2. The fourth-order valence-electron chi connectivity index (χ4n) is 8.21. The van der Waals surface area contributed by atoms with Crippen LogP contribution >= 0.6 is 0 Å². The number of fused-ring (bicyclic) bond motifs is 2. The quantitative estimate of drug-likeness (QED) is 0.288. The number of hydrogen-bond acceptors (Lipinski definition) is 9. The molecule has 0 saturated carbocycles. The van der Waals surface area contributed by atoms with Gasteiger partial charge in [0.05, 0.1) is 18.8 Å². The van der Waals surface area contributed by atoms with Crippen molar-refractivity contribution in [2.45, 2.75) is 115 Å². The minimum absolute atomic E-state index is 0.0143. The molecule has 10 atom stereocenters. The summed E-state index contributed by atoms with van der Waals surface area (Å²) in [5.41, 5.74) is 0.372. The van der Waals surface area contributed by atoms with Crippen LogP contribution in [-0.4, -0.2) is 82.3 Å². The lowest BCUT2D eigenvalue weighted by atomic mass is 9.70. The summed E-state index contributed by atoms with van der Waals surface area (Å²) in [6.45, 7) is 10.5. The van der Waals surface area contributed by atoms with Gasteiger partial charge in [0.25, 0.3) is 0 Å². The molecule has 0 radical (unpaired) electrons. The van der Waals surface area contributed by atoms with Gasteiger partial charge in [-0.25, -0.2) is 4.79 Å². The van der Waals surface area contributed by atoms with Crippen LogP contribution in [0.3, 0.4) is 0 Å². The molecule has 4 aliphatic heterocycles. The minimum Gasteiger partial charge on any atom is -0.462 e. The Balaban J connectivity index is 1.35. The molecule has 5 heterocycles. The second kappa shape index (κ2) is 14.1. The third kappa shape index (κ3) is 7.01. The second-order valence-corrected chi connectivity index (χ2v) is 14.9. The van der Waals surface area contributed by atoms with E-state index in [1.54, 1.807) is 24.4 Å². The normalized spacial score (nSPS) is 41.8. The largest absolute Gasteiger partial charge is 0.462 e. The van der Waals surface area contributed by atoms with E-state index in [1.165, 1.54) is 11.6 Å². The van der Waals surface area contributed by atoms with Crippen molar-refractivity contribution >= 4 is 11.9 Å². The lowest BCUT2D eigenvalue weighted by Crippen LogP contribution is -2.59. The van der Waals surface area contributed by atoms with Gasteiger partial charge in [-0.3, -0.25) is 4.79 Å². The molecule has 0 aromatic carbocycles. The molecule has 3 saturated heterocycles. The first kappa shape index (κ1) is 34.8. The summed E-state index contributed by atoms with van der Waals surface area (Å²) in [7, 11) is 0. The van der Waals surface area contributed by atoms with Crippen molar-refractivity contribution in [3.05, 3.63) is 71.1 Å². The van der Waals surface area contributed by atoms with Crippen LogP contribution in [0.1, 0.15) is 83.6 Å². The van der Waals surface area contributed by atoms with Crippen LogP contribution in [0.25, 0.3) is 0 Å². The SMILES string of the molecule is C/C1=C\C[C@@H]2C[C@@H](C[C@]3(CC[C@H](C)[C@@H](C(C)C)O3)O2)OC(=O)[C@@H]2C=C(COC(=O)c3ccc[nH]3)[C@@H](O)[C@H]3OC/C(=C\C=C\[C@H](C)C1)[C@]32O. The third-order valence-corrected chi connectivity index (χ3v) is 10.7. The van der Waals surface area contributed by atoms with Crippen LogP contribution in [0.5, 0.6) is 0 Å². The Morgan fingerprint density at radius 2 is 2.02 bits per heavy atom. The molecule has 1 aromatic rings. The van der Waals surface area contributed by atoms with E-state index < -0.39 is 47.6 Å². The lowest BCUT2D eigenvalue weighted by Gasteiger charge is -2.50. The topological polar surface area (TPSA) is 137 Å². The zero-order valence-electron chi connectivity index (χ0n) is 28.7. The Bertz CT molecular complexity index is 1460. The van der Waals surface area contributed by atoms with E-state index in [0.717, 1.165) is 12.8 Å². The summed E-state index contributed by atoms with van der Waals surface area (Å²) < 4.78 is 31.4. The number of aromatic amines is 1. The molecule has 10 heteroatoms. The number of H-pyrrole nitrogens is 1. The van der Waals surface area contributed by atoms with Crippen molar-refractivity contribution < 1.29 is 43.5 Å². The van der Waals surface area contributed by atoms with Gasteiger partial charge >= 0.3 is 11.9 Å². The van der Waals surface area contributed by atoms with Gasteiger partial charge in [0.15, 0.2) is 5.79 Å². The van der Waals surface area contributed by atoms with Gasteiger partial charge in [-0.05, 0) is 67.2 Å². The highest BCUT2D eigenvalue weighted by Gasteiger charge is 2.60. The average Bonchev–Trinajstić information content (AvgIpc) is 3.69. The van der Waals surface area contributed by atoms with Crippen molar-refractivity contribution in [2.24, 2.45) is 23.7 Å². The molecule has 3 N–H and O–H groups in total. The van der Waals surface area contributed by atoms with E-state index in [0.29, 0.717) is 43.1 Å². The fourth-order valence-corrected chi connectivity index (χ4v) is 8.21. The van der Waals surface area contributed by atoms with Crippen LogP contribution in [-0.2, 0) is 28.5 Å². The molecule has 3 fully saturated rings. The van der Waals surface area contributed by atoms with Gasteiger partial charge in [0.2, 0.25) is 0 Å². The summed E-state index contributed by atoms with van der Waals surface area (Å²) >= 11 is 0. The summed E-state index contributed by atoms with van der Waals surface area (Å²) in [5, 5.41) is 23.8. The highest BCUT2D eigenvalue weighted by Crippen LogP contribution is 2.48. The van der Waals surface area contributed by atoms with Gasteiger partial charge in [-0.15, -0.1) is 0 Å². The fraction of sp³-hybridized carbons (Fsp3) is 0.632. The van der Waals surface area contributed by atoms with Crippen molar-refractivity contribution in [1.29, 1.82) is 0 Å². The predicted molar refractivity (Wildman–Crippen MR) is 178 cm³/mol. The number of allylic oxidation sites excluding steroid dienone is 4. The molecule has 0 unspecified atom stereocenters. The maximum absolute atomic E-state index is 14.3. The van der Waals surface area contributed by atoms with Crippen LogP contribution in [0, 0.1) is 23.7 Å². The number of carbonyl (C=O) groups is 2. The highest BCUT2D eigenvalue weighted by atomic mass is 16.7. The number of aliphatic hydroxyl groups excluding tert-OH is 1. The van der Waals surface area contributed by atoms with Crippen molar-refractivity contribution in [1.82, 2.24) is 4.98 Å². The molecular weight excluding hydrogens is 614 g/mol. The Morgan fingerprint density at radius 3 is 2.77 bits per heavy atom. The van der Waals surface area contributed by atoms with E-state index in [9.17, 15) is 19.8 Å². The summed E-state index contributed by atoms with van der Waals surface area (Å²) in [4.78, 5) is 29.7. The smallest absolute Gasteiger partial charge is 0.355 e. The molecule has 262 valence electrons. The van der Waals surface area contributed by atoms with E-state index >= 15 is 0 Å². The predicted octanol–water partition coefficient (Wildman–Crippen LogP) is 5.34. The Morgan fingerprint density at radius 1 is 1.21 bits per heavy atom. The van der Waals surface area contributed by atoms with E-state index in [-0.39, 0.29) is 42.6 Å². The molecule has 10 nitrogen and oxygen atoms in total. The molecule has 1 spiro atoms. The molecule has 48 heavy (non-hydrogen) atoms. The minimum atomic E-state index is -1.87. The highest BCUT2D eigenvalue weighted by molar-refractivity contribution is 5.87. The van der Waals surface area contributed by atoms with Crippen LogP contribution in [0.15, 0.2) is 65.4 Å². The summed E-state index contributed by atoms with van der Waals surface area (Å²) in [6, 6.07) is 3.27. The molecule has 1 aliphatic carbocycles. The zero-order valence-corrected chi connectivity index (χ0v) is 28.7. The van der Waals surface area contributed by atoms with Crippen molar-refractivity contribution in [2.75, 3.05) is 13.2 Å². The van der Waals surface area contributed by atoms with E-state index in [1.807, 2.05) is 6.08 Å². The maximum atomic E-state index is 14.3. The molecular formula is C38H51NO9. The second-order valence-electron chi connectivity index (χ2n) is 14.9.